The minimum absolute atomic E-state index is 0.0677. The summed E-state index contributed by atoms with van der Waals surface area (Å²) in [7, 11) is 0. The number of fused-ring (bicyclic) bond motifs is 1. The van der Waals surface area contributed by atoms with Crippen LogP contribution in [-0.4, -0.2) is 33.5 Å². The molecule has 4 rings (SSSR count). The van der Waals surface area contributed by atoms with Gasteiger partial charge in [0.15, 0.2) is 5.65 Å². The third-order valence-electron chi connectivity index (χ3n) is 4.50. The lowest BCUT2D eigenvalue weighted by Crippen LogP contribution is -2.22. The normalized spacial score (nSPS) is 16.9. The molecule has 0 saturated carbocycles. The van der Waals surface area contributed by atoms with E-state index in [2.05, 4.69) is 19.7 Å². The van der Waals surface area contributed by atoms with Crippen LogP contribution in [0.25, 0.3) is 28.1 Å². The average Bonchev–Trinajstić information content (AvgIpc) is 3.10. The van der Waals surface area contributed by atoms with Gasteiger partial charge in [-0.3, -0.25) is 4.74 Å². The van der Waals surface area contributed by atoms with Crippen molar-refractivity contribution in [2.75, 3.05) is 0 Å². The SMILES string of the molecule is CC(C)Oc1cccc(-c2nc3ncc(C4=CCC(OC(F)(F)F)C=C4)cc3[nH]2)c1. The van der Waals surface area contributed by atoms with Gasteiger partial charge in [0.05, 0.1) is 17.7 Å². The lowest BCUT2D eigenvalue weighted by Gasteiger charge is -2.18. The van der Waals surface area contributed by atoms with Crippen molar-refractivity contribution in [2.24, 2.45) is 0 Å². The van der Waals surface area contributed by atoms with Crippen molar-refractivity contribution >= 4 is 16.7 Å². The summed E-state index contributed by atoms with van der Waals surface area (Å²) in [6.07, 6.45) is 0.946. The standard InChI is InChI=1S/C22H20F3N3O2/c1-13(2)29-18-5-3-4-15(10-18)20-27-19-11-16(12-26-21(19)28-20)14-6-8-17(9-7-14)30-22(23,24)25/h3-8,10-13,17H,9H2,1-2H3,(H,26,27,28). The number of H-pyrrole nitrogens is 1. The number of aromatic amines is 1. The number of pyridine rings is 1. The molecule has 156 valence electrons. The van der Waals surface area contributed by atoms with Gasteiger partial charge >= 0.3 is 6.36 Å². The van der Waals surface area contributed by atoms with Crippen LogP contribution in [-0.2, 0) is 4.74 Å². The van der Waals surface area contributed by atoms with E-state index in [9.17, 15) is 13.2 Å². The second-order valence-electron chi connectivity index (χ2n) is 7.23. The summed E-state index contributed by atoms with van der Waals surface area (Å²) in [5.41, 5.74) is 3.74. The molecule has 1 N–H and O–H groups in total. The molecular weight excluding hydrogens is 395 g/mol. The molecular formula is C22H20F3N3O2. The number of hydrogen-bond donors (Lipinski definition) is 1. The molecule has 1 aliphatic rings. The maximum atomic E-state index is 12.4. The van der Waals surface area contributed by atoms with E-state index >= 15 is 0 Å². The second-order valence-corrected chi connectivity index (χ2v) is 7.23. The predicted octanol–water partition coefficient (Wildman–Crippen LogP) is 5.66. The van der Waals surface area contributed by atoms with Crippen LogP contribution in [0.1, 0.15) is 25.8 Å². The quantitative estimate of drug-likeness (QED) is 0.584. The van der Waals surface area contributed by atoms with E-state index in [1.54, 1.807) is 18.3 Å². The van der Waals surface area contributed by atoms with Crippen LogP contribution in [0.15, 0.2) is 54.8 Å². The van der Waals surface area contributed by atoms with Gasteiger partial charge in [0, 0.05) is 17.3 Å². The van der Waals surface area contributed by atoms with E-state index in [1.165, 1.54) is 6.08 Å². The molecule has 0 fully saturated rings. The summed E-state index contributed by atoms with van der Waals surface area (Å²) in [6.45, 7) is 3.93. The molecule has 0 radical (unpaired) electrons. The predicted molar refractivity (Wildman–Crippen MR) is 108 cm³/mol. The van der Waals surface area contributed by atoms with Crippen molar-refractivity contribution in [1.82, 2.24) is 15.0 Å². The van der Waals surface area contributed by atoms with Gasteiger partial charge in [-0.2, -0.15) is 0 Å². The van der Waals surface area contributed by atoms with Crippen LogP contribution < -0.4 is 4.74 Å². The first-order chi connectivity index (χ1) is 14.3. The van der Waals surface area contributed by atoms with Crippen LogP contribution in [0.4, 0.5) is 13.2 Å². The van der Waals surface area contributed by atoms with Crippen molar-refractivity contribution in [3.05, 3.63) is 60.3 Å². The lowest BCUT2D eigenvalue weighted by atomic mass is 9.99. The highest BCUT2D eigenvalue weighted by Crippen LogP contribution is 2.29. The molecule has 2 heterocycles. The number of alkyl halides is 3. The molecule has 0 spiro atoms. The number of rotatable bonds is 5. The fourth-order valence-corrected chi connectivity index (χ4v) is 3.26. The molecule has 5 nitrogen and oxygen atoms in total. The molecule has 0 saturated heterocycles. The minimum Gasteiger partial charge on any atom is -0.491 e. The molecule has 30 heavy (non-hydrogen) atoms. The highest BCUT2D eigenvalue weighted by atomic mass is 19.4. The zero-order chi connectivity index (χ0) is 21.3. The van der Waals surface area contributed by atoms with Crippen LogP contribution in [0.2, 0.25) is 0 Å². The number of allylic oxidation sites excluding steroid dienone is 2. The van der Waals surface area contributed by atoms with Gasteiger partial charge in [0.1, 0.15) is 11.6 Å². The molecule has 0 aliphatic heterocycles. The zero-order valence-corrected chi connectivity index (χ0v) is 16.4. The third-order valence-corrected chi connectivity index (χ3v) is 4.50. The number of halogens is 3. The van der Waals surface area contributed by atoms with E-state index < -0.39 is 12.5 Å². The van der Waals surface area contributed by atoms with Gasteiger partial charge in [-0.25, -0.2) is 9.97 Å². The van der Waals surface area contributed by atoms with Crippen molar-refractivity contribution in [1.29, 1.82) is 0 Å². The van der Waals surface area contributed by atoms with Gasteiger partial charge in [-0.05, 0) is 44.0 Å². The molecule has 2 aromatic heterocycles. The molecule has 8 heteroatoms. The maximum absolute atomic E-state index is 12.4. The molecule has 0 amide bonds. The fourth-order valence-electron chi connectivity index (χ4n) is 3.26. The van der Waals surface area contributed by atoms with Crippen molar-refractivity contribution in [3.63, 3.8) is 0 Å². The third kappa shape index (κ3) is 4.71. The highest BCUT2D eigenvalue weighted by molar-refractivity contribution is 5.83. The van der Waals surface area contributed by atoms with Crippen molar-refractivity contribution < 1.29 is 22.6 Å². The Hall–Kier alpha value is -3.13. The van der Waals surface area contributed by atoms with Gasteiger partial charge < -0.3 is 9.72 Å². The van der Waals surface area contributed by atoms with Gasteiger partial charge in [-0.1, -0.05) is 30.4 Å². The topological polar surface area (TPSA) is 60.0 Å². The summed E-state index contributed by atoms with van der Waals surface area (Å²) in [5, 5.41) is 0. The number of nitrogens with zero attached hydrogens (tertiary/aromatic N) is 2. The maximum Gasteiger partial charge on any atom is 0.523 e. The smallest absolute Gasteiger partial charge is 0.491 e. The molecule has 0 bridgehead atoms. The Morgan fingerprint density at radius 3 is 2.70 bits per heavy atom. The first-order valence-corrected chi connectivity index (χ1v) is 9.53. The van der Waals surface area contributed by atoms with Gasteiger partial charge in [0.25, 0.3) is 0 Å². The van der Waals surface area contributed by atoms with Crippen LogP contribution in [0.5, 0.6) is 5.75 Å². The number of hydrogen-bond acceptors (Lipinski definition) is 4. The largest absolute Gasteiger partial charge is 0.523 e. The highest BCUT2D eigenvalue weighted by Gasteiger charge is 2.32. The second kappa shape index (κ2) is 7.95. The number of imidazole rings is 1. The number of nitrogens with one attached hydrogen (secondary N) is 1. The van der Waals surface area contributed by atoms with Crippen LogP contribution in [0, 0.1) is 0 Å². The molecule has 1 unspecified atom stereocenters. The summed E-state index contributed by atoms with van der Waals surface area (Å²) in [4.78, 5) is 12.2. The minimum atomic E-state index is -4.65. The average molecular weight is 415 g/mol. The Kier molecular flexibility index (Phi) is 5.34. The van der Waals surface area contributed by atoms with Crippen molar-refractivity contribution in [2.45, 2.75) is 38.8 Å². The Bertz CT molecular complexity index is 1120. The molecule has 1 aliphatic carbocycles. The van der Waals surface area contributed by atoms with Crippen LogP contribution >= 0.6 is 0 Å². The zero-order valence-electron chi connectivity index (χ0n) is 16.4. The monoisotopic (exact) mass is 415 g/mol. The van der Waals surface area contributed by atoms with Crippen LogP contribution in [0.3, 0.4) is 0 Å². The van der Waals surface area contributed by atoms with Gasteiger partial charge in [0.2, 0.25) is 0 Å². The summed E-state index contributed by atoms with van der Waals surface area (Å²) >= 11 is 0. The Labute approximate surface area is 171 Å². The lowest BCUT2D eigenvalue weighted by molar-refractivity contribution is -0.335. The molecule has 1 atom stereocenters. The first-order valence-electron chi connectivity index (χ1n) is 9.53. The number of aromatic nitrogens is 3. The number of ether oxygens (including phenoxy) is 2. The summed E-state index contributed by atoms with van der Waals surface area (Å²) in [6, 6.07) is 9.51. The fraction of sp³-hybridized carbons (Fsp3) is 0.273. The Morgan fingerprint density at radius 2 is 2.00 bits per heavy atom. The summed E-state index contributed by atoms with van der Waals surface area (Å²) in [5.74, 6) is 1.42. The Balaban J connectivity index is 1.56. The van der Waals surface area contributed by atoms with Gasteiger partial charge in [-0.15, -0.1) is 13.2 Å². The van der Waals surface area contributed by atoms with E-state index in [-0.39, 0.29) is 12.5 Å². The van der Waals surface area contributed by atoms with E-state index in [0.29, 0.717) is 11.5 Å². The first kappa shape index (κ1) is 20.2. The molecule has 1 aromatic carbocycles. The molecule has 3 aromatic rings. The van der Waals surface area contributed by atoms with E-state index in [1.807, 2.05) is 44.2 Å². The number of benzene rings is 1. The Morgan fingerprint density at radius 1 is 1.17 bits per heavy atom. The summed E-state index contributed by atoms with van der Waals surface area (Å²) < 4.78 is 46.9. The van der Waals surface area contributed by atoms with Crippen molar-refractivity contribution in [3.8, 4) is 17.1 Å². The van der Waals surface area contributed by atoms with E-state index in [0.717, 1.165) is 28.0 Å². The van der Waals surface area contributed by atoms with E-state index in [4.69, 9.17) is 4.74 Å².